The van der Waals surface area contributed by atoms with Gasteiger partial charge in [-0.15, -0.1) is 0 Å². The lowest BCUT2D eigenvalue weighted by Crippen LogP contribution is -2.44. The highest BCUT2D eigenvalue weighted by Crippen LogP contribution is 2.23. The second-order valence-electron chi connectivity index (χ2n) is 10.9. The van der Waals surface area contributed by atoms with Crippen LogP contribution in [0.5, 0.6) is 0 Å². The van der Waals surface area contributed by atoms with Crippen LogP contribution in [0.25, 0.3) is 0 Å². The summed E-state index contributed by atoms with van der Waals surface area (Å²) in [6.45, 7) is 19.1. The standard InChI is InChI=1S/C25H58N2O5Si2/c1-8-27(16-12-10-9-11-15-26-3)21-25(29)23-31-18-14-20-34(6,7)32-33(4,5)19-13-17-30-22-24(2)28/h24-26,28-29H,8-23H2,1-7H3. The number of hydrogen-bond donors (Lipinski definition) is 3. The predicted molar refractivity (Wildman–Crippen MR) is 149 cm³/mol. The number of aliphatic hydroxyl groups is 2. The van der Waals surface area contributed by atoms with Crippen molar-refractivity contribution in [1.29, 1.82) is 0 Å². The van der Waals surface area contributed by atoms with E-state index in [2.05, 4.69) is 43.3 Å². The molecule has 9 heteroatoms. The molecule has 0 saturated carbocycles. The molecule has 34 heavy (non-hydrogen) atoms. The van der Waals surface area contributed by atoms with E-state index in [1.54, 1.807) is 6.92 Å². The van der Waals surface area contributed by atoms with Gasteiger partial charge in [-0.3, -0.25) is 0 Å². The SMILES string of the molecule is CCN(CCCCCCNC)CC(O)COCCC[Si](C)(C)O[Si](C)(C)CCCOCC(C)O. The Labute approximate surface area is 213 Å². The summed E-state index contributed by atoms with van der Waals surface area (Å²) in [6, 6.07) is 2.16. The molecule has 0 radical (unpaired) electrons. The van der Waals surface area contributed by atoms with Gasteiger partial charge in [0.1, 0.15) is 0 Å². The molecule has 206 valence electrons. The summed E-state index contributed by atoms with van der Waals surface area (Å²) in [4.78, 5) is 2.33. The highest BCUT2D eigenvalue weighted by Gasteiger charge is 2.32. The van der Waals surface area contributed by atoms with E-state index in [-0.39, 0.29) is 0 Å². The van der Waals surface area contributed by atoms with Gasteiger partial charge >= 0.3 is 0 Å². The zero-order chi connectivity index (χ0) is 25.9. The Balaban J connectivity index is 3.96. The molecule has 0 aliphatic carbocycles. The van der Waals surface area contributed by atoms with E-state index in [4.69, 9.17) is 13.6 Å². The molecule has 2 unspecified atom stereocenters. The summed E-state index contributed by atoms with van der Waals surface area (Å²) >= 11 is 0. The third kappa shape index (κ3) is 21.4. The largest absolute Gasteiger partial charge is 0.455 e. The summed E-state index contributed by atoms with van der Waals surface area (Å²) in [5.74, 6) is 0. The highest BCUT2D eigenvalue weighted by atomic mass is 28.4. The fourth-order valence-electron chi connectivity index (χ4n) is 4.24. The van der Waals surface area contributed by atoms with Gasteiger partial charge in [-0.05, 0) is 97.6 Å². The molecule has 0 amide bonds. The van der Waals surface area contributed by atoms with Crippen molar-refractivity contribution in [2.75, 3.05) is 59.7 Å². The summed E-state index contributed by atoms with van der Waals surface area (Å²) in [5, 5.41) is 22.8. The van der Waals surface area contributed by atoms with Crippen LogP contribution in [0, 0.1) is 0 Å². The number of nitrogens with one attached hydrogen (secondary N) is 1. The number of aliphatic hydroxyl groups excluding tert-OH is 2. The van der Waals surface area contributed by atoms with E-state index in [0.29, 0.717) is 33.0 Å². The minimum atomic E-state index is -1.74. The van der Waals surface area contributed by atoms with Crippen LogP contribution in [-0.4, -0.2) is 104 Å². The Morgan fingerprint density at radius 1 is 0.824 bits per heavy atom. The third-order valence-electron chi connectivity index (χ3n) is 5.92. The van der Waals surface area contributed by atoms with Gasteiger partial charge < -0.3 is 34.0 Å². The van der Waals surface area contributed by atoms with E-state index >= 15 is 0 Å². The third-order valence-corrected chi connectivity index (χ3v) is 13.5. The van der Waals surface area contributed by atoms with E-state index in [9.17, 15) is 10.2 Å². The molecular formula is C25H58N2O5Si2. The maximum atomic E-state index is 10.4. The van der Waals surface area contributed by atoms with Crippen molar-refractivity contribution in [1.82, 2.24) is 10.2 Å². The number of hydrogen-bond acceptors (Lipinski definition) is 7. The average Bonchev–Trinajstić information content (AvgIpc) is 2.73. The van der Waals surface area contributed by atoms with Gasteiger partial charge in [-0.25, -0.2) is 0 Å². The van der Waals surface area contributed by atoms with E-state index in [1.165, 1.54) is 25.7 Å². The second-order valence-corrected chi connectivity index (χ2v) is 19.7. The lowest BCUT2D eigenvalue weighted by Gasteiger charge is -2.34. The smallest absolute Gasteiger partial charge is 0.173 e. The van der Waals surface area contributed by atoms with Crippen LogP contribution >= 0.6 is 0 Å². The Kier molecular flexibility index (Phi) is 20.3. The van der Waals surface area contributed by atoms with Gasteiger partial charge in [0, 0.05) is 19.8 Å². The molecule has 2 atom stereocenters. The van der Waals surface area contributed by atoms with Gasteiger partial charge in [0.05, 0.1) is 25.4 Å². The van der Waals surface area contributed by atoms with Crippen LogP contribution in [0.3, 0.4) is 0 Å². The Bertz CT molecular complexity index is 471. The molecule has 0 aromatic rings. The number of unbranched alkanes of at least 4 members (excludes halogenated alkanes) is 3. The molecule has 0 aliphatic heterocycles. The van der Waals surface area contributed by atoms with Gasteiger partial charge in [0.25, 0.3) is 0 Å². The van der Waals surface area contributed by atoms with Crippen molar-refractivity contribution in [2.24, 2.45) is 0 Å². The van der Waals surface area contributed by atoms with Crippen molar-refractivity contribution in [3.05, 3.63) is 0 Å². The maximum Gasteiger partial charge on any atom is 0.173 e. The highest BCUT2D eigenvalue weighted by molar-refractivity contribution is 6.84. The summed E-state index contributed by atoms with van der Waals surface area (Å²) in [7, 11) is -1.45. The fourth-order valence-corrected chi connectivity index (χ4v) is 13.0. The number of ether oxygens (including phenoxy) is 2. The number of nitrogens with zero attached hydrogens (tertiary/aromatic N) is 1. The molecular weight excluding hydrogens is 464 g/mol. The minimum absolute atomic E-state index is 0.398. The predicted octanol–water partition coefficient (Wildman–Crippen LogP) is 4.07. The van der Waals surface area contributed by atoms with Crippen molar-refractivity contribution in [3.63, 3.8) is 0 Å². The van der Waals surface area contributed by atoms with E-state index in [0.717, 1.165) is 44.6 Å². The molecule has 0 heterocycles. The fraction of sp³-hybridized carbons (Fsp3) is 1.00. The first kappa shape index (κ1) is 34.2. The van der Waals surface area contributed by atoms with Crippen molar-refractivity contribution >= 4 is 16.6 Å². The lowest BCUT2D eigenvalue weighted by atomic mass is 10.2. The normalized spacial score (nSPS) is 14.6. The average molecular weight is 523 g/mol. The minimum Gasteiger partial charge on any atom is -0.455 e. The number of rotatable bonds is 24. The first-order valence-corrected chi connectivity index (χ1v) is 19.8. The molecule has 0 aromatic heterocycles. The topological polar surface area (TPSA) is 83.4 Å². The van der Waals surface area contributed by atoms with E-state index in [1.807, 2.05) is 7.05 Å². The zero-order valence-electron chi connectivity index (χ0n) is 23.5. The van der Waals surface area contributed by atoms with E-state index < -0.39 is 28.8 Å². The van der Waals surface area contributed by atoms with Gasteiger partial charge in [0.15, 0.2) is 16.6 Å². The lowest BCUT2D eigenvalue weighted by molar-refractivity contribution is 0.0173. The second kappa shape index (κ2) is 20.2. The number of likely N-dealkylation sites (N-methyl/N-ethyl adjacent to an activating group) is 1. The van der Waals surface area contributed by atoms with Crippen LogP contribution in [0.4, 0.5) is 0 Å². The van der Waals surface area contributed by atoms with Crippen molar-refractivity contribution in [3.8, 4) is 0 Å². The quantitative estimate of drug-likeness (QED) is 0.130. The molecule has 0 bridgehead atoms. The molecule has 0 fully saturated rings. The summed E-state index contributed by atoms with van der Waals surface area (Å²) < 4.78 is 18.0. The molecule has 0 aliphatic rings. The van der Waals surface area contributed by atoms with Crippen LogP contribution in [-0.2, 0) is 13.6 Å². The summed E-state index contributed by atoms with van der Waals surface area (Å²) in [6.07, 6.45) is 6.11. The van der Waals surface area contributed by atoms with Crippen LogP contribution in [0.1, 0.15) is 52.4 Å². The Morgan fingerprint density at radius 3 is 1.91 bits per heavy atom. The van der Waals surface area contributed by atoms with Gasteiger partial charge in [-0.2, -0.15) is 0 Å². The van der Waals surface area contributed by atoms with Crippen molar-refractivity contribution < 1.29 is 23.8 Å². The van der Waals surface area contributed by atoms with Gasteiger partial charge in [-0.1, -0.05) is 19.8 Å². The molecule has 0 aromatic carbocycles. The zero-order valence-corrected chi connectivity index (χ0v) is 25.5. The Morgan fingerprint density at radius 2 is 1.38 bits per heavy atom. The van der Waals surface area contributed by atoms with Crippen molar-refractivity contribution in [2.45, 2.75) is 103 Å². The molecule has 0 spiro atoms. The van der Waals surface area contributed by atoms with Crippen LogP contribution < -0.4 is 5.32 Å². The Hall–Kier alpha value is 0.154. The monoisotopic (exact) mass is 522 g/mol. The van der Waals surface area contributed by atoms with Gasteiger partial charge in [0.2, 0.25) is 0 Å². The molecule has 0 saturated heterocycles. The first-order chi connectivity index (χ1) is 16.0. The van der Waals surface area contributed by atoms with Crippen LogP contribution in [0.2, 0.25) is 38.3 Å². The summed E-state index contributed by atoms with van der Waals surface area (Å²) in [5.41, 5.74) is 0. The molecule has 0 rings (SSSR count). The van der Waals surface area contributed by atoms with Crippen LogP contribution in [0.15, 0.2) is 0 Å². The molecule has 7 nitrogen and oxygen atoms in total. The first-order valence-electron chi connectivity index (χ1n) is 13.6. The molecule has 3 N–H and O–H groups in total. The maximum absolute atomic E-state index is 10.4.